The van der Waals surface area contributed by atoms with Gasteiger partial charge in [-0.25, -0.2) is 0 Å². The van der Waals surface area contributed by atoms with Crippen LogP contribution in [0.4, 0.5) is 0 Å². The summed E-state index contributed by atoms with van der Waals surface area (Å²) in [5.41, 5.74) is 0. The Morgan fingerprint density at radius 1 is 1.43 bits per heavy atom. The first-order chi connectivity index (χ1) is 9.69. The highest BCUT2D eigenvalue weighted by atomic mass is 35.5. The van der Waals surface area contributed by atoms with E-state index in [1.165, 1.54) is 0 Å². The largest absolute Gasteiger partial charge is 0.497 e. The van der Waals surface area contributed by atoms with E-state index in [1.54, 1.807) is 18.9 Å². The van der Waals surface area contributed by atoms with Crippen molar-refractivity contribution in [2.24, 2.45) is 0 Å². The standard InChI is InChI=1S/C15H22N2O2S.ClH/c1-11(15(18)17-12-4-3-9-16-10-12)20-14-7-5-13(19-2)6-8-14;/h5-8,11-12,16H,3-4,9-10H2,1-2H3,(H,17,18);1H/t11?,12-;/m0./s1. The van der Waals surface area contributed by atoms with Crippen LogP contribution < -0.4 is 15.4 Å². The molecule has 1 heterocycles. The van der Waals surface area contributed by atoms with E-state index >= 15 is 0 Å². The molecule has 0 spiro atoms. The number of benzene rings is 1. The van der Waals surface area contributed by atoms with E-state index in [1.807, 2.05) is 31.2 Å². The highest BCUT2D eigenvalue weighted by Crippen LogP contribution is 2.25. The molecular formula is C15H23ClN2O2S. The molecule has 0 saturated carbocycles. The molecule has 1 amide bonds. The minimum atomic E-state index is -0.0923. The Labute approximate surface area is 136 Å². The fraction of sp³-hybridized carbons (Fsp3) is 0.533. The van der Waals surface area contributed by atoms with Gasteiger partial charge in [-0.15, -0.1) is 24.2 Å². The third-order valence-electron chi connectivity index (χ3n) is 3.38. The summed E-state index contributed by atoms with van der Waals surface area (Å²) < 4.78 is 5.13. The van der Waals surface area contributed by atoms with Crippen molar-refractivity contribution in [3.63, 3.8) is 0 Å². The number of ether oxygens (including phenoxy) is 1. The molecule has 0 radical (unpaired) electrons. The van der Waals surface area contributed by atoms with Crippen LogP contribution in [-0.4, -0.2) is 37.4 Å². The van der Waals surface area contributed by atoms with Crippen molar-refractivity contribution in [3.8, 4) is 5.75 Å². The first-order valence-corrected chi connectivity index (χ1v) is 7.89. The van der Waals surface area contributed by atoms with Crippen LogP contribution in [0.1, 0.15) is 19.8 Å². The molecule has 1 unspecified atom stereocenters. The Morgan fingerprint density at radius 2 is 2.14 bits per heavy atom. The smallest absolute Gasteiger partial charge is 0.233 e. The van der Waals surface area contributed by atoms with Crippen LogP contribution in [0.5, 0.6) is 5.75 Å². The normalized spacial score (nSPS) is 19.2. The van der Waals surface area contributed by atoms with E-state index < -0.39 is 0 Å². The summed E-state index contributed by atoms with van der Waals surface area (Å²) in [4.78, 5) is 13.2. The van der Waals surface area contributed by atoms with E-state index in [9.17, 15) is 4.79 Å². The molecule has 6 heteroatoms. The maximum atomic E-state index is 12.2. The molecule has 4 nitrogen and oxygen atoms in total. The summed E-state index contributed by atoms with van der Waals surface area (Å²) in [7, 11) is 1.65. The van der Waals surface area contributed by atoms with Gasteiger partial charge in [0, 0.05) is 17.5 Å². The molecule has 1 saturated heterocycles. The summed E-state index contributed by atoms with van der Waals surface area (Å²) in [6.07, 6.45) is 2.20. The van der Waals surface area contributed by atoms with Gasteiger partial charge < -0.3 is 15.4 Å². The number of halogens is 1. The van der Waals surface area contributed by atoms with E-state index in [2.05, 4.69) is 10.6 Å². The van der Waals surface area contributed by atoms with Gasteiger partial charge in [-0.05, 0) is 50.6 Å². The summed E-state index contributed by atoms with van der Waals surface area (Å²) in [5.74, 6) is 0.944. The van der Waals surface area contributed by atoms with Gasteiger partial charge in [0.25, 0.3) is 0 Å². The lowest BCUT2D eigenvalue weighted by Gasteiger charge is -2.25. The molecular weight excluding hydrogens is 308 g/mol. The third-order valence-corrected chi connectivity index (χ3v) is 4.50. The maximum absolute atomic E-state index is 12.2. The molecule has 0 aliphatic carbocycles. The summed E-state index contributed by atoms with van der Waals surface area (Å²) in [6.45, 7) is 3.88. The number of piperidine rings is 1. The molecule has 1 aromatic rings. The van der Waals surface area contributed by atoms with Crippen LogP contribution in [0.25, 0.3) is 0 Å². The zero-order valence-corrected chi connectivity index (χ0v) is 14.1. The number of carbonyl (C=O) groups excluding carboxylic acids is 1. The number of carbonyl (C=O) groups is 1. The molecule has 0 aromatic heterocycles. The molecule has 1 fully saturated rings. The van der Waals surface area contributed by atoms with E-state index in [0.29, 0.717) is 0 Å². The van der Waals surface area contributed by atoms with Crippen LogP contribution >= 0.6 is 24.2 Å². The SMILES string of the molecule is COc1ccc(SC(C)C(=O)N[C@H]2CCCNC2)cc1.Cl. The minimum Gasteiger partial charge on any atom is -0.497 e. The first kappa shape index (κ1) is 18.1. The zero-order chi connectivity index (χ0) is 14.4. The Hall–Kier alpha value is -0.910. The number of rotatable bonds is 5. The molecule has 1 aromatic carbocycles. The van der Waals surface area contributed by atoms with Crippen molar-refractivity contribution in [1.29, 1.82) is 0 Å². The minimum absolute atomic E-state index is 0. The predicted octanol–water partition coefficient (Wildman–Crippen LogP) is 2.47. The summed E-state index contributed by atoms with van der Waals surface area (Å²) in [5, 5.41) is 6.33. The van der Waals surface area contributed by atoms with Crippen molar-refractivity contribution < 1.29 is 9.53 Å². The Balaban J connectivity index is 0.00000220. The lowest BCUT2D eigenvalue weighted by atomic mass is 10.1. The second kappa shape index (κ2) is 9.18. The molecule has 0 bridgehead atoms. The van der Waals surface area contributed by atoms with Crippen LogP contribution in [0, 0.1) is 0 Å². The molecule has 2 rings (SSSR count). The van der Waals surface area contributed by atoms with Crippen molar-refractivity contribution in [3.05, 3.63) is 24.3 Å². The van der Waals surface area contributed by atoms with Gasteiger partial charge in [-0.3, -0.25) is 4.79 Å². The van der Waals surface area contributed by atoms with Crippen molar-refractivity contribution in [1.82, 2.24) is 10.6 Å². The molecule has 21 heavy (non-hydrogen) atoms. The maximum Gasteiger partial charge on any atom is 0.233 e. The Kier molecular flexibility index (Phi) is 7.93. The van der Waals surface area contributed by atoms with Crippen LogP contribution in [0.2, 0.25) is 0 Å². The van der Waals surface area contributed by atoms with Gasteiger partial charge in [0.2, 0.25) is 5.91 Å². The lowest BCUT2D eigenvalue weighted by molar-refractivity contribution is -0.121. The number of methoxy groups -OCH3 is 1. The van der Waals surface area contributed by atoms with Crippen molar-refractivity contribution >= 4 is 30.1 Å². The van der Waals surface area contributed by atoms with Gasteiger partial charge in [0.15, 0.2) is 0 Å². The number of hydrogen-bond donors (Lipinski definition) is 2. The van der Waals surface area contributed by atoms with Gasteiger partial charge in [-0.2, -0.15) is 0 Å². The second-order valence-electron chi connectivity index (χ2n) is 4.99. The van der Waals surface area contributed by atoms with Crippen LogP contribution in [-0.2, 0) is 4.79 Å². The topological polar surface area (TPSA) is 50.4 Å². The fourth-order valence-electron chi connectivity index (χ4n) is 2.21. The molecule has 2 N–H and O–H groups in total. The highest BCUT2D eigenvalue weighted by Gasteiger charge is 2.20. The van der Waals surface area contributed by atoms with Crippen molar-refractivity contribution in [2.75, 3.05) is 20.2 Å². The van der Waals surface area contributed by atoms with E-state index in [0.717, 1.165) is 36.6 Å². The number of hydrogen-bond acceptors (Lipinski definition) is 4. The van der Waals surface area contributed by atoms with E-state index in [4.69, 9.17) is 4.74 Å². The third kappa shape index (κ3) is 5.77. The lowest BCUT2D eigenvalue weighted by Crippen LogP contribution is -2.47. The van der Waals surface area contributed by atoms with Crippen LogP contribution in [0.3, 0.4) is 0 Å². The van der Waals surface area contributed by atoms with Gasteiger partial charge in [-0.1, -0.05) is 0 Å². The zero-order valence-electron chi connectivity index (χ0n) is 12.4. The second-order valence-corrected chi connectivity index (χ2v) is 6.40. The average Bonchev–Trinajstić information content (AvgIpc) is 2.49. The summed E-state index contributed by atoms with van der Waals surface area (Å²) in [6, 6.07) is 8.07. The number of nitrogens with one attached hydrogen (secondary N) is 2. The molecule has 118 valence electrons. The monoisotopic (exact) mass is 330 g/mol. The Bertz CT molecular complexity index is 436. The number of amides is 1. The summed E-state index contributed by atoms with van der Waals surface area (Å²) >= 11 is 1.57. The van der Waals surface area contributed by atoms with Crippen LogP contribution in [0.15, 0.2) is 29.2 Å². The molecule has 2 atom stereocenters. The average molecular weight is 331 g/mol. The fourth-order valence-corrected chi connectivity index (χ4v) is 3.08. The molecule has 1 aliphatic heterocycles. The predicted molar refractivity (Wildman–Crippen MR) is 89.6 cm³/mol. The number of thioether (sulfide) groups is 1. The molecule has 1 aliphatic rings. The van der Waals surface area contributed by atoms with Gasteiger partial charge in [0.05, 0.1) is 12.4 Å². The quantitative estimate of drug-likeness (QED) is 0.814. The highest BCUT2D eigenvalue weighted by molar-refractivity contribution is 8.00. The Morgan fingerprint density at radius 3 is 2.71 bits per heavy atom. The van der Waals surface area contributed by atoms with Crippen molar-refractivity contribution in [2.45, 2.75) is 36.0 Å². The van der Waals surface area contributed by atoms with E-state index in [-0.39, 0.29) is 29.6 Å². The van der Waals surface area contributed by atoms with Gasteiger partial charge >= 0.3 is 0 Å². The first-order valence-electron chi connectivity index (χ1n) is 7.01. The van der Waals surface area contributed by atoms with Gasteiger partial charge in [0.1, 0.15) is 5.75 Å².